The fraction of sp³-hybridized carbons (Fsp3) is 0.300. The van der Waals surface area contributed by atoms with Crippen molar-refractivity contribution in [2.24, 2.45) is 5.73 Å². The molecule has 1 fully saturated rings. The smallest absolute Gasteiger partial charge is 0.267 e. The summed E-state index contributed by atoms with van der Waals surface area (Å²) in [6.45, 7) is 0. The van der Waals surface area contributed by atoms with E-state index in [0.29, 0.717) is 10.6 Å². The van der Waals surface area contributed by atoms with E-state index in [9.17, 15) is 9.59 Å². The molecule has 1 aliphatic carbocycles. The monoisotopic (exact) mass is 398 g/mol. The number of carbonyl (C=O) groups excluding carboxylic acids is 2. The Labute approximate surface area is 166 Å². The number of pyridine rings is 1. The lowest BCUT2D eigenvalue weighted by molar-refractivity contribution is 0.0925. The molecule has 0 aliphatic heterocycles. The first-order valence-corrected chi connectivity index (χ1v) is 9.50. The van der Waals surface area contributed by atoms with Crippen molar-refractivity contribution in [2.45, 2.75) is 37.6 Å². The van der Waals surface area contributed by atoms with Crippen molar-refractivity contribution >= 4 is 34.5 Å². The molecule has 144 valence electrons. The second-order valence-electron chi connectivity index (χ2n) is 6.98. The second-order valence-corrected chi connectivity index (χ2v) is 7.42. The number of amides is 2. The van der Waals surface area contributed by atoms with Crippen molar-refractivity contribution in [2.75, 3.05) is 0 Å². The maximum absolute atomic E-state index is 12.5. The van der Waals surface area contributed by atoms with Crippen LogP contribution in [0.2, 0.25) is 5.02 Å². The molecular weight excluding hydrogens is 380 g/mol. The van der Waals surface area contributed by atoms with Crippen LogP contribution in [0.5, 0.6) is 0 Å². The zero-order valence-corrected chi connectivity index (χ0v) is 15.8. The van der Waals surface area contributed by atoms with Crippen molar-refractivity contribution in [3.05, 3.63) is 58.7 Å². The molecular formula is C20H19ClN4O3. The average molecular weight is 399 g/mol. The summed E-state index contributed by atoms with van der Waals surface area (Å²) >= 11 is 6.01. The molecule has 7 nitrogen and oxygen atoms in total. The molecule has 0 unspecified atom stereocenters. The van der Waals surface area contributed by atoms with Crippen molar-refractivity contribution in [3.8, 4) is 0 Å². The predicted molar refractivity (Wildman–Crippen MR) is 104 cm³/mol. The summed E-state index contributed by atoms with van der Waals surface area (Å²) in [4.78, 5) is 32.1. The lowest BCUT2D eigenvalue weighted by Gasteiger charge is -2.27. The Morgan fingerprint density at radius 2 is 1.93 bits per heavy atom. The quantitative estimate of drug-likeness (QED) is 0.699. The second kappa shape index (κ2) is 7.59. The predicted octanol–water partition coefficient (Wildman–Crippen LogP) is 3.43. The molecule has 0 saturated heterocycles. The Bertz CT molecular complexity index is 1040. The van der Waals surface area contributed by atoms with Gasteiger partial charge in [-0.25, -0.2) is 4.98 Å². The Balaban J connectivity index is 1.37. The lowest BCUT2D eigenvalue weighted by Crippen LogP contribution is -2.37. The highest BCUT2D eigenvalue weighted by atomic mass is 35.5. The van der Waals surface area contributed by atoms with Gasteiger partial charge in [-0.3, -0.25) is 14.6 Å². The number of halogens is 1. The lowest BCUT2D eigenvalue weighted by atomic mass is 9.86. The van der Waals surface area contributed by atoms with E-state index in [-0.39, 0.29) is 23.6 Å². The summed E-state index contributed by atoms with van der Waals surface area (Å²) in [5.41, 5.74) is 7.17. The molecule has 1 saturated carbocycles. The van der Waals surface area contributed by atoms with Crippen LogP contribution in [-0.4, -0.2) is 27.8 Å². The molecule has 28 heavy (non-hydrogen) atoms. The highest BCUT2D eigenvalue weighted by Gasteiger charge is 2.27. The van der Waals surface area contributed by atoms with Crippen LogP contribution in [0.1, 0.15) is 58.3 Å². The number of carbonyl (C=O) groups is 2. The van der Waals surface area contributed by atoms with Crippen molar-refractivity contribution in [1.29, 1.82) is 0 Å². The molecule has 0 radical (unpaired) electrons. The summed E-state index contributed by atoms with van der Waals surface area (Å²) in [5.74, 6) is 0.0589. The van der Waals surface area contributed by atoms with E-state index < -0.39 is 5.91 Å². The van der Waals surface area contributed by atoms with Gasteiger partial charge in [-0.15, -0.1) is 0 Å². The number of aromatic nitrogens is 2. The number of fused-ring (bicyclic) bond motifs is 1. The minimum atomic E-state index is -0.658. The molecule has 1 aliphatic rings. The summed E-state index contributed by atoms with van der Waals surface area (Å²) in [6.07, 6.45) is 4.79. The summed E-state index contributed by atoms with van der Waals surface area (Å²) in [5, 5.41) is 3.65. The molecule has 8 heteroatoms. The molecule has 0 atom stereocenters. The fourth-order valence-corrected chi connectivity index (χ4v) is 3.72. The number of primary amides is 1. The molecule has 0 spiro atoms. The molecule has 0 bridgehead atoms. The van der Waals surface area contributed by atoms with Gasteiger partial charge >= 0.3 is 0 Å². The van der Waals surface area contributed by atoms with Gasteiger partial charge in [-0.1, -0.05) is 11.6 Å². The third-order valence-electron chi connectivity index (χ3n) is 5.05. The fourth-order valence-electron chi connectivity index (χ4n) is 3.55. The topological polar surface area (TPSA) is 111 Å². The van der Waals surface area contributed by atoms with Gasteiger partial charge in [0.15, 0.2) is 11.5 Å². The Hall–Kier alpha value is -2.93. The molecule has 3 aromatic rings. The number of hydrogen-bond donors (Lipinski definition) is 2. The third kappa shape index (κ3) is 3.84. The van der Waals surface area contributed by atoms with Crippen LogP contribution in [0.3, 0.4) is 0 Å². The summed E-state index contributed by atoms with van der Waals surface area (Å²) < 4.78 is 5.88. The van der Waals surface area contributed by atoms with Gasteiger partial charge in [-0.05, 0) is 56.0 Å². The number of oxazole rings is 1. The SMILES string of the molecule is NC(=O)c1cc(C(=O)NC2CCC(c3nc4cc(Cl)ccc4o3)CC2)ccn1. The van der Waals surface area contributed by atoms with E-state index in [2.05, 4.69) is 15.3 Å². The van der Waals surface area contributed by atoms with E-state index >= 15 is 0 Å². The Morgan fingerprint density at radius 1 is 1.14 bits per heavy atom. The zero-order chi connectivity index (χ0) is 19.7. The highest BCUT2D eigenvalue weighted by molar-refractivity contribution is 6.31. The van der Waals surface area contributed by atoms with Gasteiger partial charge in [0.25, 0.3) is 11.8 Å². The Kier molecular flexibility index (Phi) is 5.00. The van der Waals surface area contributed by atoms with Gasteiger partial charge < -0.3 is 15.5 Å². The van der Waals surface area contributed by atoms with Crippen LogP contribution >= 0.6 is 11.6 Å². The molecule has 1 aromatic carbocycles. The van der Waals surface area contributed by atoms with E-state index in [4.69, 9.17) is 21.8 Å². The normalized spacial score (nSPS) is 19.5. The molecule has 2 heterocycles. The van der Waals surface area contributed by atoms with Crippen LogP contribution in [-0.2, 0) is 0 Å². The third-order valence-corrected chi connectivity index (χ3v) is 5.29. The first-order valence-electron chi connectivity index (χ1n) is 9.12. The van der Waals surface area contributed by atoms with Gasteiger partial charge in [-0.2, -0.15) is 0 Å². The van der Waals surface area contributed by atoms with Gasteiger partial charge in [0.05, 0.1) is 0 Å². The summed E-state index contributed by atoms with van der Waals surface area (Å²) in [7, 11) is 0. The first-order chi connectivity index (χ1) is 13.5. The maximum Gasteiger partial charge on any atom is 0.267 e. The summed E-state index contributed by atoms with van der Waals surface area (Å²) in [6, 6.07) is 8.45. The molecule has 3 N–H and O–H groups in total. The van der Waals surface area contributed by atoms with E-state index in [1.165, 1.54) is 12.3 Å². The average Bonchev–Trinajstić information content (AvgIpc) is 3.11. The van der Waals surface area contributed by atoms with Crippen LogP contribution in [0.25, 0.3) is 11.1 Å². The minimum absolute atomic E-state index is 0.0627. The number of nitrogens with one attached hydrogen (secondary N) is 1. The number of hydrogen-bond acceptors (Lipinski definition) is 5. The molecule has 2 aromatic heterocycles. The first kappa shape index (κ1) is 18.4. The minimum Gasteiger partial charge on any atom is -0.440 e. The van der Waals surface area contributed by atoms with Gasteiger partial charge in [0, 0.05) is 28.7 Å². The Morgan fingerprint density at radius 3 is 2.68 bits per heavy atom. The zero-order valence-electron chi connectivity index (χ0n) is 15.0. The van der Waals surface area contributed by atoms with Crippen molar-refractivity contribution in [1.82, 2.24) is 15.3 Å². The van der Waals surface area contributed by atoms with Gasteiger partial charge in [0.2, 0.25) is 0 Å². The number of rotatable bonds is 4. The van der Waals surface area contributed by atoms with Crippen LogP contribution in [0.4, 0.5) is 0 Å². The van der Waals surface area contributed by atoms with E-state index in [1.54, 1.807) is 18.2 Å². The largest absolute Gasteiger partial charge is 0.440 e. The molecule has 2 amide bonds. The highest BCUT2D eigenvalue weighted by Crippen LogP contribution is 2.34. The van der Waals surface area contributed by atoms with Crippen LogP contribution in [0.15, 0.2) is 40.9 Å². The maximum atomic E-state index is 12.5. The number of nitrogens with two attached hydrogens (primary N) is 1. The van der Waals surface area contributed by atoms with E-state index in [0.717, 1.165) is 42.7 Å². The number of benzene rings is 1. The van der Waals surface area contributed by atoms with Crippen molar-refractivity contribution < 1.29 is 14.0 Å². The van der Waals surface area contributed by atoms with Crippen LogP contribution < -0.4 is 11.1 Å². The number of nitrogens with zero attached hydrogens (tertiary/aromatic N) is 2. The van der Waals surface area contributed by atoms with Crippen LogP contribution in [0, 0.1) is 0 Å². The standard InChI is InChI=1S/C20H19ClN4O3/c21-13-3-6-17-15(10-13)25-20(28-17)11-1-4-14(5-2-11)24-19(27)12-7-8-23-16(9-12)18(22)26/h3,6-11,14H,1-2,4-5H2,(H2,22,26)(H,24,27). The molecule has 4 rings (SSSR count). The van der Waals surface area contributed by atoms with Crippen molar-refractivity contribution in [3.63, 3.8) is 0 Å². The van der Waals surface area contributed by atoms with Gasteiger partial charge in [0.1, 0.15) is 11.2 Å². The van der Waals surface area contributed by atoms with E-state index in [1.807, 2.05) is 6.07 Å².